The van der Waals surface area contributed by atoms with E-state index in [2.05, 4.69) is 29.2 Å². The summed E-state index contributed by atoms with van der Waals surface area (Å²) < 4.78 is 5.37. The minimum atomic E-state index is -0.164. The normalized spacial score (nSPS) is 21.7. The van der Waals surface area contributed by atoms with Gasteiger partial charge in [0.15, 0.2) is 0 Å². The topological polar surface area (TPSA) is 29.5 Å². The molecule has 96 valence electrons. The molecule has 0 unspecified atom stereocenters. The predicted molar refractivity (Wildman–Crippen MR) is 71.1 cm³/mol. The lowest BCUT2D eigenvalue weighted by Crippen LogP contribution is -2.36. The number of ketones is 1. The van der Waals surface area contributed by atoms with Crippen molar-refractivity contribution in [1.29, 1.82) is 0 Å². The molecular formula is C15H19NO2. The van der Waals surface area contributed by atoms with Gasteiger partial charge in [-0.2, -0.15) is 0 Å². The second kappa shape index (κ2) is 4.39. The molecule has 3 rings (SSSR count). The highest BCUT2D eigenvalue weighted by Gasteiger charge is 2.48. The van der Waals surface area contributed by atoms with Crippen LogP contribution in [0, 0.1) is 0 Å². The smallest absolute Gasteiger partial charge is 0.140 e. The SMILES string of the molecule is CC(=O)C1(c2cccc(N3CCOCC3)c2)CC1. The first-order valence-electron chi connectivity index (χ1n) is 6.67. The van der Waals surface area contributed by atoms with E-state index in [1.54, 1.807) is 6.92 Å². The molecule has 0 spiro atoms. The van der Waals surface area contributed by atoms with E-state index in [0.29, 0.717) is 5.78 Å². The van der Waals surface area contributed by atoms with E-state index >= 15 is 0 Å². The first-order chi connectivity index (χ1) is 8.72. The fourth-order valence-corrected chi connectivity index (χ4v) is 2.79. The monoisotopic (exact) mass is 245 g/mol. The molecule has 1 aromatic carbocycles. The first-order valence-corrected chi connectivity index (χ1v) is 6.67. The minimum absolute atomic E-state index is 0.164. The summed E-state index contributed by atoms with van der Waals surface area (Å²) in [6.07, 6.45) is 2.02. The van der Waals surface area contributed by atoms with Crippen molar-refractivity contribution in [2.75, 3.05) is 31.2 Å². The van der Waals surface area contributed by atoms with Gasteiger partial charge in [0.1, 0.15) is 5.78 Å². The Morgan fingerprint density at radius 1 is 1.28 bits per heavy atom. The molecule has 0 bridgehead atoms. The molecule has 1 aliphatic carbocycles. The van der Waals surface area contributed by atoms with Gasteiger partial charge in [-0.05, 0) is 37.5 Å². The molecule has 18 heavy (non-hydrogen) atoms. The van der Waals surface area contributed by atoms with Crippen molar-refractivity contribution >= 4 is 11.5 Å². The molecule has 2 aliphatic rings. The second-order valence-corrected chi connectivity index (χ2v) is 5.29. The zero-order valence-corrected chi connectivity index (χ0v) is 10.8. The van der Waals surface area contributed by atoms with E-state index in [0.717, 1.165) is 39.1 Å². The molecule has 3 heteroatoms. The number of hydrogen-bond acceptors (Lipinski definition) is 3. The van der Waals surface area contributed by atoms with Crippen molar-refractivity contribution < 1.29 is 9.53 Å². The lowest BCUT2D eigenvalue weighted by atomic mass is 9.91. The van der Waals surface area contributed by atoms with E-state index < -0.39 is 0 Å². The Morgan fingerprint density at radius 3 is 2.61 bits per heavy atom. The van der Waals surface area contributed by atoms with Gasteiger partial charge in [0.05, 0.1) is 18.6 Å². The Bertz CT molecular complexity index is 459. The maximum absolute atomic E-state index is 11.8. The number of carbonyl (C=O) groups excluding carboxylic acids is 1. The number of ether oxygens (including phenoxy) is 1. The first kappa shape index (κ1) is 11.7. The largest absolute Gasteiger partial charge is 0.378 e. The van der Waals surface area contributed by atoms with Crippen molar-refractivity contribution in [3.63, 3.8) is 0 Å². The van der Waals surface area contributed by atoms with E-state index in [1.165, 1.54) is 11.3 Å². The summed E-state index contributed by atoms with van der Waals surface area (Å²) >= 11 is 0. The zero-order chi connectivity index (χ0) is 12.6. The fraction of sp³-hybridized carbons (Fsp3) is 0.533. The highest BCUT2D eigenvalue weighted by Crippen LogP contribution is 2.49. The third kappa shape index (κ3) is 1.93. The highest BCUT2D eigenvalue weighted by molar-refractivity contribution is 5.91. The second-order valence-electron chi connectivity index (χ2n) is 5.29. The third-order valence-electron chi connectivity index (χ3n) is 4.20. The van der Waals surface area contributed by atoms with Crippen molar-refractivity contribution in [1.82, 2.24) is 0 Å². The minimum Gasteiger partial charge on any atom is -0.378 e. The van der Waals surface area contributed by atoms with E-state index in [4.69, 9.17) is 4.74 Å². The van der Waals surface area contributed by atoms with Crippen LogP contribution in [0.3, 0.4) is 0 Å². The Morgan fingerprint density at radius 2 is 2.00 bits per heavy atom. The number of benzene rings is 1. The van der Waals surface area contributed by atoms with Crippen LogP contribution in [0.25, 0.3) is 0 Å². The van der Waals surface area contributed by atoms with Crippen LogP contribution >= 0.6 is 0 Å². The van der Waals surface area contributed by atoms with Gasteiger partial charge >= 0.3 is 0 Å². The molecule has 1 heterocycles. The van der Waals surface area contributed by atoms with Crippen LogP contribution in [0.5, 0.6) is 0 Å². The van der Waals surface area contributed by atoms with Crippen molar-refractivity contribution in [2.45, 2.75) is 25.2 Å². The highest BCUT2D eigenvalue weighted by atomic mass is 16.5. The molecular weight excluding hydrogens is 226 g/mol. The molecule has 3 nitrogen and oxygen atoms in total. The van der Waals surface area contributed by atoms with E-state index in [1.807, 2.05) is 0 Å². The number of anilines is 1. The van der Waals surface area contributed by atoms with Crippen LogP contribution < -0.4 is 4.90 Å². The maximum atomic E-state index is 11.8. The summed E-state index contributed by atoms with van der Waals surface area (Å²) in [6.45, 7) is 5.19. The van der Waals surface area contributed by atoms with Gasteiger partial charge in [0.25, 0.3) is 0 Å². The Kier molecular flexibility index (Phi) is 2.86. The Balaban J connectivity index is 1.87. The summed E-state index contributed by atoms with van der Waals surface area (Å²) in [5.74, 6) is 0.307. The summed E-state index contributed by atoms with van der Waals surface area (Å²) in [5, 5.41) is 0. The van der Waals surface area contributed by atoms with Gasteiger partial charge in [-0.15, -0.1) is 0 Å². The van der Waals surface area contributed by atoms with Crippen LogP contribution in [0.2, 0.25) is 0 Å². The summed E-state index contributed by atoms with van der Waals surface area (Å²) in [7, 11) is 0. The predicted octanol–water partition coefficient (Wildman–Crippen LogP) is 2.14. The van der Waals surface area contributed by atoms with Gasteiger partial charge in [-0.25, -0.2) is 0 Å². The molecule has 0 atom stereocenters. The molecule has 1 saturated heterocycles. The molecule has 0 amide bonds. The Hall–Kier alpha value is -1.35. The number of nitrogens with zero attached hydrogens (tertiary/aromatic N) is 1. The standard InChI is InChI=1S/C15H19NO2/c1-12(17)15(5-6-15)13-3-2-4-14(11-13)16-7-9-18-10-8-16/h2-4,11H,5-10H2,1H3. The van der Waals surface area contributed by atoms with E-state index in [-0.39, 0.29) is 5.41 Å². The molecule has 0 N–H and O–H groups in total. The van der Waals surface area contributed by atoms with Crippen molar-refractivity contribution in [3.05, 3.63) is 29.8 Å². The van der Waals surface area contributed by atoms with Gasteiger partial charge in [-0.3, -0.25) is 4.79 Å². The van der Waals surface area contributed by atoms with Gasteiger partial charge < -0.3 is 9.64 Å². The summed E-state index contributed by atoms with van der Waals surface area (Å²) in [5.41, 5.74) is 2.25. The zero-order valence-electron chi connectivity index (χ0n) is 10.8. The number of carbonyl (C=O) groups is 1. The maximum Gasteiger partial charge on any atom is 0.140 e. The van der Waals surface area contributed by atoms with Gasteiger partial charge in [0, 0.05) is 18.8 Å². The van der Waals surface area contributed by atoms with Crippen LogP contribution in [0.1, 0.15) is 25.3 Å². The third-order valence-corrected chi connectivity index (χ3v) is 4.20. The Labute approximate surface area is 108 Å². The molecule has 1 saturated carbocycles. The van der Waals surface area contributed by atoms with Crippen molar-refractivity contribution in [3.8, 4) is 0 Å². The average molecular weight is 245 g/mol. The fourth-order valence-electron chi connectivity index (χ4n) is 2.79. The lowest BCUT2D eigenvalue weighted by molar-refractivity contribution is -0.119. The lowest BCUT2D eigenvalue weighted by Gasteiger charge is -2.29. The molecule has 1 aromatic rings. The summed E-state index contributed by atoms with van der Waals surface area (Å²) in [4.78, 5) is 14.1. The number of rotatable bonds is 3. The average Bonchev–Trinajstić information content (AvgIpc) is 3.21. The van der Waals surface area contributed by atoms with E-state index in [9.17, 15) is 4.79 Å². The molecule has 0 aromatic heterocycles. The molecule has 2 fully saturated rings. The summed E-state index contributed by atoms with van der Waals surface area (Å²) in [6, 6.07) is 8.49. The van der Waals surface area contributed by atoms with Gasteiger partial charge in [0.2, 0.25) is 0 Å². The van der Waals surface area contributed by atoms with Gasteiger partial charge in [-0.1, -0.05) is 12.1 Å². The molecule has 1 aliphatic heterocycles. The number of hydrogen-bond donors (Lipinski definition) is 0. The molecule has 0 radical (unpaired) electrons. The van der Waals surface area contributed by atoms with Crippen LogP contribution in [-0.4, -0.2) is 32.1 Å². The van der Waals surface area contributed by atoms with Crippen LogP contribution in [-0.2, 0) is 14.9 Å². The van der Waals surface area contributed by atoms with Crippen LogP contribution in [0.4, 0.5) is 5.69 Å². The number of Topliss-reactive ketones (excluding diaryl/α,β-unsaturated/α-hetero) is 1. The van der Waals surface area contributed by atoms with Crippen LogP contribution in [0.15, 0.2) is 24.3 Å². The quantitative estimate of drug-likeness (QED) is 0.817. The number of morpholine rings is 1. The van der Waals surface area contributed by atoms with Crippen molar-refractivity contribution in [2.24, 2.45) is 0 Å².